The van der Waals surface area contributed by atoms with Crippen LogP contribution < -0.4 is 5.73 Å². The number of fused-ring (bicyclic) bond motifs is 1. The van der Waals surface area contributed by atoms with Gasteiger partial charge >= 0.3 is 6.18 Å². The lowest BCUT2D eigenvalue weighted by Gasteiger charge is -2.09. The second kappa shape index (κ2) is 4.85. The number of hydrogen-bond donors (Lipinski definition) is 1. The fourth-order valence-corrected chi connectivity index (χ4v) is 2.11. The molecule has 0 aliphatic carbocycles. The molecule has 7 heteroatoms. The molecule has 0 amide bonds. The van der Waals surface area contributed by atoms with Crippen molar-refractivity contribution in [2.75, 3.05) is 0 Å². The highest BCUT2D eigenvalue weighted by molar-refractivity contribution is 5.64. The van der Waals surface area contributed by atoms with Gasteiger partial charge in [0.15, 0.2) is 0 Å². The minimum Gasteiger partial charge on any atom is -0.324 e. The van der Waals surface area contributed by atoms with Gasteiger partial charge in [-0.3, -0.25) is 4.40 Å². The van der Waals surface area contributed by atoms with Crippen molar-refractivity contribution >= 4 is 5.65 Å². The lowest BCUT2D eigenvalue weighted by molar-refractivity contribution is -0.137. The van der Waals surface area contributed by atoms with E-state index < -0.39 is 11.7 Å². The summed E-state index contributed by atoms with van der Waals surface area (Å²) in [5, 5.41) is 0. The minimum absolute atomic E-state index is 0.210. The fraction of sp³-hybridized carbons (Fsp3) is 0.143. The lowest BCUT2D eigenvalue weighted by Crippen LogP contribution is -2.08. The summed E-state index contributed by atoms with van der Waals surface area (Å²) in [5.41, 5.74) is 6.74. The third-order valence-corrected chi connectivity index (χ3v) is 3.15. The molecule has 0 atom stereocenters. The average molecular weight is 292 g/mol. The van der Waals surface area contributed by atoms with Crippen LogP contribution in [0.5, 0.6) is 0 Å². The van der Waals surface area contributed by atoms with Crippen LogP contribution in [0.25, 0.3) is 16.9 Å². The number of rotatable bonds is 2. The highest BCUT2D eigenvalue weighted by Crippen LogP contribution is 2.30. The Morgan fingerprint density at radius 2 is 1.86 bits per heavy atom. The molecule has 3 aromatic rings. The smallest absolute Gasteiger partial charge is 0.324 e. The summed E-state index contributed by atoms with van der Waals surface area (Å²) in [6.45, 7) is 0.210. The van der Waals surface area contributed by atoms with Gasteiger partial charge in [-0.1, -0.05) is 12.1 Å². The SMILES string of the molecule is NCc1nc(-c2ccc(C(F)(F)F)cc2)cc2nccn12. The third kappa shape index (κ3) is 2.47. The van der Waals surface area contributed by atoms with Gasteiger partial charge in [-0.2, -0.15) is 13.2 Å². The zero-order chi connectivity index (χ0) is 15.0. The van der Waals surface area contributed by atoms with Gasteiger partial charge in [0.25, 0.3) is 0 Å². The van der Waals surface area contributed by atoms with E-state index in [1.807, 2.05) is 0 Å². The Morgan fingerprint density at radius 1 is 1.14 bits per heavy atom. The Labute approximate surface area is 118 Å². The predicted molar refractivity (Wildman–Crippen MR) is 71.3 cm³/mol. The van der Waals surface area contributed by atoms with Crippen molar-refractivity contribution < 1.29 is 13.2 Å². The summed E-state index contributed by atoms with van der Waals surface area (Å²) in [6.07, 6.45) is -0.991. The van der Waals surface area contributed by atoms with Gasteiger partial charge in [0.05, 0.1) is 17.8 Å². The first-order valence-electron chi connectivity index (χ1n) is 6.20. The number of nitrogens with two attached hydrogens (primary N) is 1. The largest absolute Gasteiger partial charge is 0.416 e. The summed E-state index contributed by atoms with van der Waals surface area (Å²) in [6, 6.07) is 6.57. The molecule has 0 aliphatic heterocycles. The van der Waals surface area contributed by atoms with Crippen LogP contribution in [0.1, 0.15) is 11.4 Å². The molecule has 0 saturated carbocycles. The number of nitrogens with zero attached hydrogens (tertiary/aromatic N) is 3. The normalized spacial score (nSPS) is 12.0. The van der Waals surface area contributed by atoms with E-state index in [9.17, 15) is 13.2 Å². The van der Waals surface area contributed by atoms with Gasteiger partial charge in [-0.05, 0) is 12.1 Å². The summed E-state index contributed by atoms with van der Waals surface area (Å²) >= 11 is 0. The lowest BCUT2D eigenvalue weighted by atomic mass is 10.1. The molecule has 0 saturated heterocycles. The molecule has 3 rings (SSSR count). The van der Waals surface area contributed by atoms with Crippen LogP contribution in [-0.2, 0) is 12.7 Å². The van der Waals surface area contributed by atoms with Crippen molar-refractivity contribution in [2.45, 2.75) is 12.7 Å². The number of aromatic nitrogens is 3. The molecule has 2 aromatic heterocycles. The maximum absolute atomic E-state index is 12.6. The van der Waals surface area contributed by atoms with Crippen LogP contribution in [0.3, 0.4) is 0 Å². The molecular weight excluding hydrogens is 281 g/mol. The molecule has 2 heterocycles. The maximum Gasteiger partial charge on any atom is 0.416 e. The van der Waals surface area contributed by atoms with Crippen LogP contribution >= 0.6 is 0 Å². The standard InChI is InChI=1S/C14H11F3N4/c15-14(16,17)10-3-1-9(2-4-10)11-7-12-19-5-6-21(12)13(8-18)20-11/h1-7H,8,18H2. The van der Waals surface area contributed by atoms with Crippen molar-refractivity contribution in [3.8, 4) is 11.3 Å². The molecule has 0 spiro atoms. The van der Waals surface area contributed by atoms with Crippen molar-refractivity contribution in [3.05, 3.63) is 54.1 Å². The first-order valence-corrected chi connectivity index (χ1v) is 6.20. The van der Waals surface area contributed by atoms with Crippen LogP contribution in [0.2, 0.25) is 0 Å². The second-order valence-corrected chi connectivity index (χ2v) is 4.49. The first kappa shape index (κ1) is 13.6. The minimum atomic E-state index is -4.35. The summed E-state index contributed by atoms with van der Waals surface area (Å²) in [7, 11) is 0. The molecule has 2 N–H and O–H groups in total. The van der Waals surface area contributed by atoms with E-state index in [-0.39, 0.29) is 6.54 Å². The number of alkyl halides is 3. The van der Waals surface area contributed by atoms with E-state index in [1.54, 1.807) is 22.9 Å². The Bertz CT molecular complexity index is 775. The van der Waals surface area contributed by atoms with Gasteiger partial charge in [0.1, 0.15) is 11.5 Å². The zero-order valence-electron chi connectivity index (χ0n) is 10.8. The quantitative estimate of drug-likeness (QED) is 0.790. The van der Waals surface area contributed by atoms with Crippen molar-refractivity contribution in [1.29, 1.82) is 0 Å². The zero-order valence-corrected chi connectivity index (χ0v) is 10.8. The molecule has 0 unspecified atom stereocenters. The Kier molecular flexibility index (Phi) is 3.13. The van der Waals surface area contributed by atoms with Gasteiger partial charge < -0.3 is 5.73 Å². The molecule has 21 heavy (non-hydrogen) atoms. The van der Waals surface area contributed by atoms with E-state index in [0.717, 1.165) is 12.1 Å². The summed E-state index contributed by atoms with van der Waals surface area (Å²) in [5.74, 6) is 0.597. The highest BCUT2D eigenvalue weighted by Gasteiger charge is 2.30. The van der Waals surface area contributed by atoms with Gasteiger partial charge in [0.2, 0.25) is 0 Å². The highest BCUT2D eigenvalue weighted by atomic mass is 19.4. The van der Waals surface area contributed by atoms with Crippen LogP contribution in [0, 0.1) is 0 Å². The van der Waals surface area contributed by atoms with E-state index >= 15 is 0 Å². The molecule has 4 nitrogen and oxygen atoms in total. The molecule has 0 fully saturated rings. The maximum atomic E-state index is 12.6. The van der Waals surface area contributed by atoms with Gasteiger partial charge in [-0.15, -0.1) is 0 Å². The van der Waals surface area contributed by atoms with E-state index in [1.165, 1.54) is 12.1 Å². The number of benzene rings is 1. The number of imidazole rings is 1. The Hall–Kier alpha value is -2.41. The van der Waals surface area contributed by atoms with Crippen molar-refractivity contribution in [3.63, 3.8) is 0 Å². The third-order valence-electron chi connectivity index (χ3n) is 3.15. The van der Waals surface area contributed by atoms with E-state index in [2.05, 4.69) is 9.97 Å². The monoisotopic (exact) mass is 292 g/mol. The topological polar surface area (TPSA) is 56.2 Å². The fourth-order valence-electron chi connectivity index (χ4n) is 2.11. The molecule has 0 aliphatic rings. The second-order valence-electron chi connectivity index (χ2n) is 4.49. The van der Waals surface area contributed by atoms with Crippen LogP contribution in [0.4, 0.5) is 13.2 Å². The van der Waals surface area contributed by atoms with Gasteiger partial charge in [0, 0.05) is 24.0 Å². The summed E-state index contributed by atoms with van der Waals surface area (Å²) in [4.78, 5) is 8.53. The Morgan fingerprint density at radius 3 is 2.48 bits per heavy atom. The van der Waals surface area contributed by atoms with Crippen LogP contribution in [-0.4, -0.2) is 14.4 Å². The number of halogens is 3. The molecule has 1 aromatic carbocycles. The van der Waals surface area contributed by atoms with E-state index in [0.29, 0.717) is 22.7 Å². The van der Waals surface area contributed by atoms with Crippen molar-refractivity contribution in [2.24, 2.45) is 5.73 Å². The van der Waals surface area contributed by atoms with E-state index in [4.69, 9.17) is 5.73 Å². The summed E-state index contributed by atoms with van der Waals surface area (Å²) < 4.78 is 39.4. The first-order chi connectivity index (χ1) is 9.99. The molecule has 0 radical (unpaired) electrons. The molecule has 108 valence electrons. The van der Waals surface area contributed by atoms with Crippen LogP contribution in [0.15, 0.2) is 42.7 Å². The average Bonchev–Trinajstić information content (AvgIpc) is 2.93. The number of hydrogen-bond acceptors (Lipinski definition) is 3. The van der Waals surface area contributed by atoms with Gasteiger partial charge in [-0.25, -0.2) is 9.97 Å². The van der Waals surface area contributed by atoms with Crippen molar-refractivity contribution in [1.82, 2.24) is 14.4 Å². The molecular formula is C14H11F3N4. The predicted octanol–water partition coefficient (Wildman–Crippen LogP) is 2.87. The molecule has 0 bridgehead atoms. The Balaban J connectivity index is 2.07.